The van der Waals surface area contributed by atoms with Crippen molar-refractivity contribution in [2.24, 2.45) is 23.0 Å². The lowest BCUT2D eigenvalue weighted by Gasteiger charge is -1.98. The summed E-state index contributed by atoms with van der Waals surface area (Å²) in [6, 6.07) is 12.1. The van der Waals surface area contributed by atoms with Crippen LogP contribution in [0.2, 0.25) is 0 Å². The van der Waals surface area contributed by atoms with Gasteiger partial charge >= 0.3 is 0 Å². The molecule has 0 amide bonds. The van der Waals surface area contributed by atoms with Gasteiger partial charge in [0.2, 0.25) is 0 Å². The van der Waals surface area contributed by atoms with Gasteiger partial charge in [-0.3, -0.25) is 0 Å². The number of rotatable bonds is 4. The van der Waals surface area contributed by atoms with Gasteiger partial charge in [-0.05, 0) is 30.0 Å². The molecule has 0 atom stereocenters. The Morgan fingerprint density at radius 2 is 1.96 bits per heavy atom. The minimum Gasteiger partial charge on any atom is -0.493 e. The molecule has 0 radical (unpaired) electrons. The van der Waals surface area contributed by atoms with Crippen LogP contribution >= 0.6 is 11.8 Å². The Morgan fingerprint density at radius 1 is 1.20 bits per heavy atom. The highest BCUT2D eigenvalue weighted by molar-refractivity contribution is 8.13. The number of aryl methyl sites for hydroxylation is 1. The fraction of sp³-hybridized carbons (Fsp3) is 0.167. The maximum absolute atomic E-state index is 5.60. The molecule has 0 aliphatic rings. The summed E-state index contributed by atoms with van der Waals surface area (Å²) in [5, 5.41) is 8.31. The zero-order valence-corrected chi connectivity index (χ0v) is 15.2. The van der Waals surface area contributed by atoms with Gasteiger partial charge < -0.3 is 10.5 Å². The van der Waals surface area contributed by atoms with Crippen molar-refractivity contribution in [2.45, 2.75) is 0 Å². The standard InChI is InChI=1S/C18H20N5OS/c1-22-16(12-23-11-15(24-2)8-9-17(22)23)14-6-4-13(5-7-14)10-20-21-18(19)25-3/h4-12H,1-3H3,(H2,19,21)/q+1/b20-10+. The summed E-state index contributed by atoms with van der Waals surface area (Å²) in [5.74, 6) is 0.825. The van der Waals surface area contributed by atoms with E-state index in [2.05, 4.69) is 37.5 Å². The van der Waals surface area contributed by atoms with E-state index >= 15 is 0 Å². The fourth-order valence-corrected chi connectivity index (χ4v) is 2.67. The second-order valence-electron chi connectivity index (χ2n) is 5.42. The van der Waals surface area contributed by atoms with Crippen molar-refractivity contribution in [1.29, 1.82) is 0 Å². The highest BCUT2D eigenvalue weighted by atomic mass is 32.2. The van der Waals surface area contributed by atoms with Gasteiger partial charge in [0.25, 0.3) is 5.65 Å². The van der Waals surface area contributed by atoms with Crippen LogP contribution < -0.4 is 14.9 Å². The summed E-state index contributed by atoms with van der Waals surface area (Å²) in [5.41, 5.74) is 9.88. The minimum absolute atomic E-state index is 0.441. The summed E-state index contributed by atoms with van der Waals surface area (Å²) < 4.78 is 9.49. The van der Waals surface area contributed by atoms with Crippen molar-refractivity contribution in [2.75, 3.05) is 13.4 Å². The SMILES string of the molecule is COc1ccc2n(C)c(-c3ccc(/C=N/N=C(\N)SC)cc3)c[n+]2c1. The van der Waals surface area contributed by atoms with Crippen molar-refractivity contribution < 1.29 is 9.14 Å². The number of imidazole rings is 1. The summed E-state index contributed by atoms with van der Waals surface area (Å²) in [6.07, 6.45) is 7.60. The van der Waals surface area contributed by atoms with Crippen LogP contribution in [0.4, 0.5) is 0 Å². The van der Waals surface area contributed by atoms with E-state index in [-0.39, 0.29) is 0 Å². The molecule has 2 aromatic heterocycles. The predicted octanol–water partition coefficient (Wildman–Crippen LogP) is 2.45. The van der Waals surface area contributed by atoms with Crippen LogP contribution in [0.15, 0.2) is 59.0 Å². The Morgan fingerprint density at radius 3 is 2.64 bits per heavy atom. The smallest absolute Gasteiger partial charge is 0.286 e. The molecule has 0 aliphatic heterocycles. The third kappa shape index (κ3) is 3.66. The van der Waals surface area contributed by atoms with Crippen molar-refractivity contribution in [1.82, 2.24) is 4.57 Å². The normalized spacial score (nSPS) is 12.2. The number of aromatic nitrogens is 2. The monoisotopic (exact) mass is 354 g/mol. The first kappa shape index (κ1) is 17.0. The zero-order valence-electron chi connectivity index (χ0n) is 14.4. The Kier molecular flexibility index (Phi) is 5.04. The number of nitrogens with zero attached hydrogens (tertiary/aromatic N) is 4. The van der Waals surface area contributed by atoms with Crippen LogP contribution in [0.1, 0.15) is 5.56 Å². The average Bonchev–Trinajstić information content (AvgIpc) is 2.98. The average molecular weight is 354 g/mol. The van der Waals surface area contributed by atoms with Gasteiger partial charge in [-0.1, -0.05) is 23.9 Å². The van der Waals surface area contributed by atoms with Gasteiger partial charge in [0.15, 0.2) is 16.6 Å². The number of pyridine rings is 1. The van der Waals surface area contributed by atoms with Gasteiger partial charge in [-0.15, -0.1) is 5.10 Å². The Bertz CT molecular complexity index is 944. The number of thioether (sulfide) groups is 1. The lowest BCUT2D eigenvalue weighted by atomic mass is 10.1. The second-order valence-corrected chi connectivity index (χ2v) is 6.24. The molecule has 128 valence electrons. The van der Waals surface area contributed by atoms with E-state index in [4.69, 9.17) is 10.5 Å². The molecule has 0 spiro atoms. The van der Waals surface area contributed by atoms with Gasteiger partial charge in [0.1, 0.15) is 12.4 Å². The van der Waals surface area contributed by atoms with Gasteiger partial charge in [-0.2, -0.15) is 9.50 Å². The van der Waals surface area contributed by atoms with E-state index in [0.717, 1.165) is 28.2 Å². The lowest BCUT2D eigenvalue weighted by Crippen LogP contribution is -2.18. The van der Waals surface area contributed by atoms with E-state index in [1.807, 2.05) is 43.8 Å². The summed E-state index contributed by atoms with van der Waals surface area (Å²) >= 11 is 1.37. The molecule has 25 heavy (non-hydrogen) atoms. The number of hydrogen-bond acceptors (Lipinski definition) is 4. The van der Waals surface area contributed by atoms with Crippen LogP contribution in [0.25, 0.3) is 16.9 Å². The molecule has 6 nitrogen and oxygen atoms in total. The van der Waals surface area contributed by atoms with E-state index in [1.165, 1.54) is 11.8 Å². The molecule has 0 saturated carbocycles. The number of fused-ring (bicyclic) bond motifs is 1. The summed E-state index contributed by atoms with van der Waals surface area (Å²) in [7, 11) is 3.72. The molecule has 0 aliphatic carbocycles. The van der Waals surface area contributed by atoms with Crippen LogP contribution in [0, 0.1) is 0 Å². The number of ether oxygens (including phenoxy) is 1. The largest absolute Gasteiger partial charge is 0.493 e. The molecule has 0 unspecified atom stereocenters. The first-order chi connectivity index (χ1) is 12.1. The first-order valence-corrected chi connectivity index (χ1v) is 8.90. The maximum Gasteiger partial charge on any atom is 0.286 e. The number of hydrogen-bond donors (Lipinski definition) is 1. The van der Waals surface area contributed by atoms with Crippen LogP contribution in [0.5, 0.6) is 5.75 Å². The van der Waals surface area contributed by atoms with E-state index in [0.29, 0.717) is 5.17 Å². The highest BCUT2D eigenvalue weighted by Gasteiger charge is 2.16. The van der Waals surface area contributed by atoms with Crippen LogP contribution in [-0.4, -0.2) is 29.3 Å². The van der Waals surface area contributed by atoms with Crippen molar-refractivity contribution in [3.63, 3.8) is 0 Å². The van der Waals surface area contributed by atoms with E-state index in [1.54, 1.807) is 13.3 Å². The fourth-order valence-electron chi connectivity index (χ4n) is 2.54. The number of amidine groups is 1. The molecular weight excluding hydrogens is 334 g/mol. The molecule has 1 aromatic carbocycles. The number of methoxy groups -OCH3 is 1. The lowest BCUT2D eigenvalue weighted by molar-refractivity contribution is -0.510. The number of nitrogens with two attached hydrogens (primary N) is 1. The first-order valence-electron chi connectivity index (χ1n) is 7.68. The molecule has 3 rings (SSSR count). The molecule has 2 heterocycles. The van der Waals surface area contributed by atoms with Crippen molar-refractivity contribution in [3.8, 4) is 17.0 Å². The Hall–Kier alpha value is -2.80. The predicted molar refractivity (Wildman–Crippen MR) is 103 cm³/mol. The molecule has 0 bridgehead atoms. The van der Waals surface area contributed by atoms with E-state index in [9.17, 15) is 0 Å². The van der Waals surface area contributed by atoms with E-state index < -0.39 is 0 Å². The highest BCUT2D eigenvalue weighted by Crippen LogP contribution is 2.21. The number of benzene rings is 1. The van der Waals surface area contributed by atoms with Gasteiger partial charge in [-0.25, -0.2) is 4.57 Å². The van der Waals surface area contributed by atoms with Crippen molar-refractivity contribution >= 4 is 28.8 Å². The van der Waals surface area contributed by atoms with Crippen LogP contribution in [0.3, 0.4) is 0 Å². The summed E-state index contributed by atoms with van der Waals surface area (Å²) in [4.78, 5) is 0. The molecular formula is C18H20N5OS+. The Labute approximate surface area is 150 Å². The summed E-state index contributed by atoms with van der Waals surface area (Å²) in [6.45, 7) is 0. The van der Waals surface area contributed by atoms with Gasteiger partial charge in [0.05, 0.1) is 20.4 Å². The van der Waals surface area contributed by atoms with Crippen molar-refractivity contribution in [3.05, 3.63) is 54.4 Å². The second kappa shape index (κ2) is 7.40. The molecule has 3 aromatic rings. The molecule has 7 heteroatoms. The molecule has 0 saturated heterocycles. The third-order valence-corrected chi connectivity index (χ3v) is 4.41. The minimum atomic E-state index is 0.441. The molecule has 2 N–H and O–H groups in total. The topological polar surface area (TPSA) is 69.0 Å². The third-order valence-electron chi connectivity index (χ3n) is 3.91. The zero-order chi connectivity index (χ0) is 17.8. The maximum atomic E-state index is 5.60. The van der Waals surface area contributed by atoms with Crippen LogP contribution in [-0.2, 0) is 7.05 Å². The molecule has 0 fully saturated rings. The quantitative estimate of drug-likeness (QED) is 0.339. The van der Waals surface area contributed by atoms with Gasteiger partial charge in [0, 0.05) is 11.6 Å². The Balaban J connectivity index is 1.89.